The summed E-state index contributed by atoms with van der Waals surface area (Å²) in [6, 6.07) is 10.2. The minimum atomic E-state index is 0.589. The Morgan fingerprint density at radius 2 is 1.95 bits per heavy atom. The van der Waals surface area contributed by atoms with Crippen LogP contribution in [-0.4, -0.2) is 29.7 Å². The Morgan fingerprint density at radius 3 is 2.62 bits per heavy atom. The first-order valence-corrected chi connectivity index (χ1v) is 7.25. The normalized spacial score (nSPS) is 10.4. The highest BCUT2D eigenvalue weighted by Gasteiger charge is 2.16. The van der Waals surface area contributed by atoms with Gasteiger partial charge in [-0.25, -0.2) is 9.97 Å². The van der Waals surface area contributed by atoms with Crippen LogP contribution in [0.15, 0.2) is 36.7 Å². The Hall–Kier alpha value is -2.14. The molecule has 2 N–H and O–H groups in total. The van der Waals surface area contributed by atoms with Gasteiger partial charge in [-0.3, -0.25) is 0 Å². The van der Waals surface area contributed by atoms with Gasteiger partial charge in [-0.15, -0.1) is 0 Å². The summed E-state index contributed by atoms with van der Waals surface area (Å²) >= 11 is 0. The largest absolute Gasteiger partial charge is 0.478 e. The maximum Gasteiger partial charge on any atom is 0.221 e. The molecule has 5 heteroatoms. The summed E-state index contributed by atoms with van der Waals surface area (Å²) in [5, 5.41) is 0. The topological polar surface area (TPSA) is 64.3 Å². The molecule has 0 unspecified atom stereocenters. The van der Waals surface area contributed by atoms with Crippen molar-refractivity contribution in [3.05, 3.63) is 42.2 Å². The minimum absolute atomic E-state index is 0.589. The van der Waals surface area contributed by atoms with Crippen LogP contribution in [0.3, 0.4) is 0 Å². The first kappa shape index (κ1) is 15.3. The van der Waals surface area contributed by atoms with Gasteiger partial charge in [0.15, 0.2) is 0 Å². The fourth-order valence-electron chi connectivity index (χ4n) is 2.19. The van der Waals surface area contributed by atoms with Crippen molar-refractivity contribution in [2.24, 2.45) is 5.73 Å². The number of nitrogens with two attached hydrogens (primary N) is 1. The van der Waals surface area contributed by atoms with Gasteiger partial charge in [0.1, 0.15) is 12.1 Å². The average molecular weight is 286 g/mol. The second-order valence-electron chi connectivity index (χ2n) is 4.69. The Labute approximate surface area is 125 Å². The molecule has 0 atom stereocenters. The molecule has 0 fully saturated rings. The van der Waals surface area contributed by atoms with E-state index in [4.69, 9.17) is 10.5 Å². The summed E-state index contributed by atoms with van der Waals surface area (Å²) < 4.78 is 5.57. The first-order valence-electron chi connectivity index (χ1n) is 7.25. The molecule has 2 aromatic rings. The molecule has 0 aliphatic carbocycles. The van der Waals surface area contributed by atoms with Crippen LogP contribution in [0.1, 0.15) is 18.9 Å². The molecule has 112 valence electrons. The van der Waals surface area contributed by atoms with Gasteiger partial charge in [0.2, 0.25) is 5.88 Å². The standard InChI is InChI=1S/C16H22N4O/c1-3-21-16-13(2)15(18-12-19-16)20(11-7-10-17)14-8-5-4-6-9-14/h4-6,8-9,12H,3,7,10-11,17H2,1-2H3. The lowest BCUT2D eigenvalue weighted by Gasteiger charge is -2.25. The summed E-state index contributed by atoms with van der Waals surface area (Å²) in [6.45, 7) is 5.98. The monoisotopic (exact) mass is 286 g/mol. The molecular formula is C16H22N4O. The maximum absolute atomic E-state index is 5.66. The van der Waals surface area contributed by atoms with E-state index in [1.165, 1.54) is 0 Å². The fourth-order valence-corrected chi connectivity index (χ4v) is 2.19. The van der Waals surface area contributed by atoms with Crippen LogP contribution in [0.5, 0.6) is 5.88 Å². The van der Waals surface area contributed by atoms with Crippen molar-refractivity contribution in [2.45, 2.75) is 20.3 Å². The van der Waals surface area contributed by atoms with Crippen molar-refractivity contribution in [1.82, 2.24) is 9.97 Å². The molecule has 1 aromatic heterocycles. The number of para-hydroxylation sites is 1. The second kappa shape index (κ2) is 7.59. The number of rotatable bonds is 7. The molecule has 0 saturated heterocycles. The highest BCUT2D eigenvalue weighted by atomic mass is 16.5. The predicted molar refractivity (Wildman–Crippen MR) is 85.1 cm³/mol. The Balaban J connectivity index is 2.39. The van der Waals surface area contributed by atoms with E-state index in [1.54, 1.807) is 6.33 Å². The SMILES string of the molecule is CCOc1ncnc(N(CCCN)c2ccccc2)c1C. The van der Waals surface area contributed by atoms with Gasteiger partial charge in [-0.05, 0) is 38.9 Å². The van der Waals surface area contributed by atoms with E-state index in [9.17, 15) is 0 Å². The fraction of sp³-hybridized carbons (Fsp3) is 0.375. The van der Waals surface area contributed by atoms with Gasteiger partial charge in [0.25, 0.3) is 0 Å². The highest BCUT2D eigenvalue weighted by Crippen LogP contribution is 2.29. The number of aromatic nitrogens is 2. The van der Waals surface area contributed by atoms with Crippen LogP contribution >= 0.6 is 0 Å². The molecule has 5 nitrogen and oxygen atoms in total. The van der Waals surface area contributed by atoms with E-state index < -0.39 is 0 Å². The zero-order valence-corrected chi connectivity index (χ0v) is 12.6. The Morgan fingerprint density at radius 1 is 1.19 bits per heavy atom. The summed E-state index contributed by atoms with van der Waals surface area (Å²) in [5.74, 6) is 1.50. The molecule has 1 heterocycles. The second-order valence-corrected chi connectivity index (χ2v) is 4.69. The summed E-state index contributed by atoms with van der Waals surface area (Å²) in [4.78, 5) is 10.8. The number of hydrogen-bond donors (Lipinski definition) is 1. The molecule has 0 radical (unpaired) electrons. The number of hydrogen-bond acceptors (Lipinski definition) is 5. The molecular weight excluding hydrogens is 264 g/mol. The lowest BCUT2D eigenvalue weighted by Crippen LogP contribution is -2.23. The van der Waals surface area contributed by atoms with Gasteiger partial charge >= 0.3 is 0 Å². The third-order valence-electron chi connectivity index (χ3n) is 3.20. The molecule has 0 aliphatic rings. The molecule has 2 rings (SSSR count). The number of benzene rings is 1. The average Bonchev–Trinajstić information content (AvgIpc) is 2.52. The molecule has 0 saturated carbocycles. The van der Waals surface area contributed by atoms with Crippen LogP contribution in [0.25, 0.3) is 0 Å². The number of anilines is 2. The lowest BCUT2D eigenvalue weighted by molar-refractivity contribution is 0.323. The van der Waals surface area contributed by atoms with Gasteiger partial charge < -0.3 is 15.4 Å². The van der Waals surface area contributed by atoms with Crippen molar-refractivity contribution in [3.63, 3.8) is 0 Å². The molecule has 0 spiro atoms. The van der Waals surface area contributed by atoms with Crippen LogP contribution in [-0.2, 0) is 0 Å². The van der Waals surface area contributed by atoms with Crippen LogP contribution in [0.4, 0.5) is 11.5 Å². The lowest BCUT2D eigenvalue weighted by atomic mass is 10.2. The minimum Gasteiger partial charge on any atom is -0.478 e. The van der Waals surface area contributed by atoms with E-state index in [0.29, 0.717) is 19.0 Å². The van der Waals surface area contributed by atoms with Crippen molar-refractivity contribution < 1.29 is 4.74 Å². The summed E-state index contributed by atoms with van der Waals surface area (Å²) in [6.07, 6.45) is 2.44. The van der Waals surface area contributed by atoms with E-state index in [-0.39, 0.29) is 0 Å². The highest BCUT2D eigenvalue weighted by molar-refractivity contribution is 5.63. The zero-order chi connectivity index (χ0) is 15.1. The third kappa shape index (κ3) is 3.70. The molecule has 0 aliphatic heterocycles. The smallest absolute Gasteiger partial charge is 0.221 e. The molecule has 1 aromatic carbocycles. The number of nitrogens with zero attached hydrogens (tertiary/aromatic N) is 3. The van der Waals surface area contributed by atoms with Crippen molar-refractivity contribution in [2.75, 3.05) is 24.6 Å². The quantitative estimate of drug-likeness (QED) is 0.847. The van der Waals surface area contributed by atoms with E-state index >= 15 is 0 Å². The third-order valence-corrected chi connectivity index (χ3v) is 3.20. The van der Waals surface area contributed by atoms with Gasteiger partial charge in [-0.2, -0.15) is 0 Å². The van der Waals surface area contributed by atoms with Crippen LogP contribution in [0, 0.1) is 6.92 Å². The van der Waals surface area contributed by atoms with Crippen molar-refractivity contribution >= 4 is 11.5 Å². The van der Waals surface area contributed by atoms with Crippen molar-refractivity contribution in [3.8, 4) is 5.88 Å². The Kier molecular flexibility index (Phi) is 5.51. The molecule has 0 amide bonds. The van der Waals surface area contributed by atoms with Gasteiger partial charge in [0.05, 0.1) is 12.2 Å². The van der Waals surface area contributed by atoms with Crippen LogP contribution < -0.4 is 15.4 Å². The van der Waals surface area contributed by atoms with E-state index in [2.05, 4.69) is 27.0 Å². The van der Waals surface area contributed by atoms with Crippen LogP contribution in [0.2, 0.25) is 0 Å². The maximum atomic E-state index is 5.66. The Bertz CT molecular complexity index is 559. The molecule has 0 bridgehead atoms. The first-order chi connectivity index (χ1) is 10.3. The van der Waals surface area contributed by atoms with Crippen molar-refractivity contribution in [1.29, 1.82) is 0 Å². The summed E-state index contributed by atoms with van der Waals surface area (Å²) in [5.41, 5.74) is 7.70. The van der Waals surface area contributed by atoms with Gasteiger partial charge in [-0.1, -0.05) is 18.2 Å². The summed E-state index contributed by atoms with van der Waals surface area (Å²) in [7, 11) is 0. The van der Waals surface area contributed by atoms with E-state index in [1.807, 2.05) is 32.0 Å². The molecule has 21 heavy (non-hydrogen) atoms. The van der Waals surface area contributed by atoms with E-state index in [0.717, 1.165) is 30.0 Å². The predicted octanol–water partition coefficient (Wildman–Crippen LogP) is 2.67. The zero-order valence-electron chi connectivity index (χ0n) is 12.6. The van der Waals surface area contributed by atoms with Gasteiger partial charge in [0, 0.05) is 12.2 Å². The number of ether oxygens (including phenoxy) is 1.